The second kappa shape index (κ2) is 10.1. The third-order valence-corrected chi connectivity index (χ3v) is 5.66. The van der Waals surface area contributed by atoms with Crippen LogP contribution in [0.15, 0.2) is 76.1 Å². The summed E-state index contributed by atoms with van der Waals surface area (Å²) in [7, 11) is 1.61. The number of carbonyl (C=O) groups is 2. The van der Waals surface area contributed by atoms with Gasteiger partial charge in [0.15, 0.2) is 0 Å². The summed E-state index contributed by atoms with van der Waals surface area (Å²) in [5, 5.41) is 17.1. The summed E-state index contributed by atoms with van der Waals surface area (Å²) in [6, 6.07) is 11.3. The molecular formula is C25H26N6O3. The number of amides is 2. The predicted molar refractivity (Wildman–Crippen MR) is 130 cm³/mol. The molecule has 9 nitrogen and oxygen atoms in total. The highest BCUT2D eigenvalue weighted by molar-refractivity contribution is 6.39. The third kappa shape index (κ3) is 5.03. The Bertz CT molecular complexity index is 1200. The summed E-state index contributed by atoms with van der Waals surface area (Å²) in [5.41, 5.74) is 6.28. The van der Waals surface area contributed by atoms with Crippen LogP contribution in [0.2, 0.25) is 0 Å². The number of nitrogens with zero attached hydrogens (tertiary/aromatic N) is 4. The fraction of sp³-hybridized carbons (Fsp3) is 0.240. The van der Waals surface area contributed by atoms with E-state index in [0.717, 1.165) is 22.3 Å². The van der Waals surface area contributed by atoms with E-state index in [9.17, 15) is 9.59 Å². The van der Waals surface area contributed by atoms with Crippen molar-refractivity contribution in [1.82, 2.24) is 10.4 Å². The maximum absolute atomic E-state index is 12.3. The Morgan fingerprint density at radius 2 is 1.88 bits per heavy atom. The van der Waals surface area contributed by atoms with Gasteiger partial charge in [-0.25, -0.2) is 5.43 Å². The van der Waals surface area contributed by atoms with Crippen molar-refractivity contribution in [1.29, 1.82) is 0 Å². The van der Waals surface area contributed by atoms with Crippen LogP contribution in [-0.2, 0) is 16.1 Å². The number of nitrogens with one attached hydrogen (secondary N) is 2. The number of methoxy groups -OCH3 is 1. The second-order valence-electron chi connectivity index (χ2n) is 8.04. The van der Waals surface area contributed by atoms with Crippen molar-refractivity contribution in [3.05, 3.63) is 83.0 Å². The lowest BCUT2D eigenvalue weighted by Crippen LogP contribution is -2.33. The van der Waals surface area contributed by atoms with E-state index in [1.54, 1.807) is 7.11 Å². The van der Waals surface area contributed by atoms with E-state index in [-0.39, 0.29) is 12.1 Å². The highest BCUT2D eigenvalue weighted by atomic mass is 16.5. The Balaban J connectivity index is 1.39. The van der Waals surface area contributed by atoms with Gasteiger partial charge in [0, 0.05) is 11.3 Å². The third-order valence-electron chi connectivity index (χ3n) is 5.66. The molecule has 0 bridgehead atoms. The maximum atomic E-state index is 12.3. The van der Waals surface area contributed by atoms with E-state index >= 15 is 0 Å². The molecule has 9 heteroatoms. The molecule has 0 saturated carbocycles. The van der Waals surface area contributed by atoms with Gasteiger partial charge < -0.3 is 10.1 Å². The highest BCUT2D eigenvalue weighted by Gasteiger charge is 2.30. The van der Waals surface area contributed by atoms with Gasteiger partial charge in [-0.2, -0.15) is 10.2 Å². The number of hydrogen-bond acceptors (Lipinski definition) is 7. The predicted octanol–water partition coefficient (Wildman–Crippen LogP) is 3.45. The zero-order chi connectivity index (χ0) is 24.1. The lowest BCUT2D eigenvalue weighted by Gasteiger charge is -2.24. The van der Waals surface area contributed by atoms with Crippen molar-refractivity contribution >= 4 is 23.7 Å². The first-order chi connectivity index (χ1) is 16.5. The minimum atomic E-state index is -0.853. The molecule has 0 spiro atoms. The average Bonchev–Trinajstić information content (AvgIpc) is 3.24. The van der Waals surface area contributed by atoms with Crippen molar-refractivity contribution < 1.29 is 14.3 Å². The van der Waals surface area contributed by atoms with Crippen molar-refractivity contribution in [2.24, 2.45) is 15.4 Å². The number of rotatable bonds is 6. The molecule has 2 aliphatic rings. The molecule has 0 radical (unpaired) electrons. The van der Waals surface area contributed by atoms with Crippen LogP contribution in [0.25, 0.3) is 0 Å². The summed E-state index contributed by atoms with van der Waals surface area (Å²) in [6.45, 7) is 4.23. The zero-order valence-corrected chi connectivity index (χ0v) is 19.2. The smallest absolute Gasteiger partial charge is 0.329 e. The number of benzene rings is 2. The van der Waals surface area contributed by atoms with Gasteiger partial charge in [0.05, 0.1) is 25.9 Å². The summed E-state index contributed by atoms with van der Waals surface area (Å²) < 4.78 is 5.50. The molecule has 0 fully saturated rings. The SMILES string of the molecule is COc1ccc(C=NNC(=O)C(=O)Nc2c(C)cccc2C)cc1CN1N=NC2C=CC=CC21. The molecule has 2 amide bonds. The van der Waals surface area contributed by atoms with Gasteiger partial charge in [-0.05, 0) is 48.7 Å². The maximum Gasteiger partial charge on any atom is 0.329 e. The van der Waals surface area contributed by atoms with Gasteiger partial charge in [-0.1, -0.05) is 47.7 Å². The molecule has 1 aliphatic heterocycles. The molecular weight excluding hydrogens is 432 g/mol. The van der Waals surface area contributed by atoms with Crippen molar-refractivity contribution in [2.45, 2.75) is 32.5 Å². The topological polar surface area (TPSA) is 108 Å². The van der Waals surface area contributed by atoms with Gasteiger partial charge in [-0.3, -0.25) is 14.6 Å². The van der Waals surface area contributed by atoms with Gasteiger partial charge in [0.2, 0.25) is 0 Å². The average molecular weight is 459 g/mol. The Morgan fingerprint density at radius 1 is 1.12 bits per heavy atom. The second-order valence-corrected chi connectivity index (χ2v) is 8.04. The Kier molecular flexibility index (Phi) is 6.82. The number of allylic oxidation sites excluding steroid dienone is 2. The van der Waals surface area contributed by atoms with E-state index in [0.29, 0.717) is 18.0 Å². The molecule has 2 aromatic carbocycles. The van der Waals surface area contributed by atoms with Crippen LogP contribution in [0.5, 0.6) is 5.75 Å². The Morgan fingerprint density at radius 3 is 2.65 bits per heavy atom. The minimum Gasteiger partial charge on any atom is -0.496 e. The molecule has 0 aromatic heterocycles. The van der Waals surface area contributed by atoms with Crippen molar-refractivity contribution in [3.63, 3.8) is 0 Å². The van der Waals surface area contributed by atoms with Gasteiger partial charge in [-0.15, -0.1) is 0 Å². The van der Waals surface area contributed by atoms with Crippen molar-refractivity contribution in [2.75, 3.05) is 12.4 Å². The fourth-order valence-corrected chi connectivity index (χ4v) is 3.86. The van der Waals surface area contributed by atoms with Crippen LogP contribution in [0, 0.1) is 13.8 Å². The summed E-state index contributed by atoms with van der Waals surface area (Å²) in [5.74, 6) is -0.926. The summed E-state index contributed by atoms with van der Waals surface area (Å²) in [4.78, 5) is 24.5. The molecule has 1 heterocycles. The molecule has 1 aliphatic carbocycles. The molecule has 174 valence electrons. The van der Waals surface area contributed by atoms with E-state index in [1.807, 2.05) is 73.5 Å². The molecule has 2 N–H and O–H groups in total. The lowest BCUT2D eigenvalue weighted by atomic mass is 10.0. The zero-order valence-electron chi connectivity index (χ0n) is 19.2. The summed E-state index contributed by atoms with van der Waals surface area (Å²) in [6.07, 6.45) is 9.53. The molecule has 0 saturated heterocycles. The van der Waals surface area contributed by atoms with Gasteiger partial charge in [0.25, 0.3) is 0 Å². The fourth-order valence-electron chi connectivity index (χ4n) is 3.86. The number of hydrogen-bond donors (Lipinski definition) is 2. The number of fused-ring (bicyclic) bond motifs is 1. The van der Waals surface area contributed by atoms with Crippen molar-refractivity contribution in [3.8, 4) is 5.75 Å². The molecule has 2 aromatic rings. The summed E-state index contributed by atoms with van der Waals surface area (Å²) >= 11 is 0. The number of ether oxygens (including phenoxy) is 1. The number of carbonyl (C=O) groups excluding carboxylic acids is 2. The normalized spacial score (nSPS) is 18.3. The highest BCUT2D eigenvalue weighted by Crippen LogP contribution is 2.28. The van der Waals surface area contributed by atoms with Crippen LogP contribution >= 0.6 is 0 Å². The quantitative estimate of drug-likeness (QED) is 0.393. The number of hydrazone groups is 1. The monoisotopic (exact) mass is 458 g/mol. The van der Waals surface area contributed by atoms with E-state index in [2.05, 4.69) is 32.3 Å². The minimum absolute atomic E-state index is 0.0190. The van der Waals surface area contributed by atoms with E-state index in [4.69, 9.17) is 4.74 Å². The van der Waals surface area contributed by atoms with Crippen LogP contribution in [0.1, 0.15) is 22.3 Å². The van der Waals surface area contributed by atoms with Crippen LogP contribution in [0.3, 0.4) is 0 Å². The van der Waals surface area contributed by atoms with Crippen LogP contribution in [-0.4, -0.2) is 42.2 Å². The van der Waals surface area contributed by atoms with Crippen LogP contribution < -0.4 is 15.5 Å². The molecule has 2 atom stereocenters. The van der Waals surface area contributed by atoms with Gasteiger partial charge >= 0.3 is 11.8 Å². The first-order valence-corrected chi connectivity index (χ1v) is 10.9. The van der Waals surface area contributed by atoms with Crippen LogP contribution in [0.4, 0.5) is 5.69 Å². The molecule has 2 unspecified atom stereocenters. The number of para-hydroxylation sites is 1. The first-order valence-electron chi connectivity index (χ1n) is 10.9. The Hall–Kier alpha value is -4.27. The van der Waals surface area contributed by atoms with Gasteiger partial charge in [0.1, 0.15) is 11.8 Å². The molecule has 34 heavy (non-hydrogen) atoms. The van der Waals surface area contributed by atoms with E-state index < -0.39 is 11.8 Å². The standard InChI is InChI=1S/C25H26N6O3/c1-16-7-6-8-17(2)23(16)27-24(32)25(33)29-26-14-18-11-12-22(34-3)19(13-18)15-31-21-10-5-4-9-20(21)28-30-31/h4-14,20-21H,15H2,1-3H3,(H,27,32)(H,29,33). The lowest BCUT2D eigenvalue weighted by molar-refractivity contribution is -0.136. The number of anilines is 1. The number of aryl methyl sites for hydroxylation is 2. The Labute approximate surface area is 197 Å². The van der Waals surface area contributed by atoms with E-state index in [1.165, 1.54) is 6.21 Å². The largest absolute Gasteiger partial charge is 0.496 e. The molecule has 4 rings (SSSR count). The first kappa shape index (κ1) is 22.9.